The monoisotopic (exact) mass is 274 g/mol. The lowest BCUT2D eigenvalue weighted by atomic mass is 10.2. The van der Waals surface area contributed by atoms with Crippen LogP contribution in [0.2, 0.25) is 0 Å². The van der Waals surface area contributed by atoms with Crippen LogP contribution in [0.5, 0.6) is 0 Å². The molecule has 0 unspecified atom stereocenters. The molecule has 0 saturated carbocycles. The fourth-order valence-electron chi connectivity index (χ4n) is 1.87. The van der Waals surface area contributed by atoms with Crippen LogP contribution in [-0.2, 0) is 17.9 Å². The summed E-state index contributed by atoms with van der Waals surface area (Å²) < 4.78 is 6.69. The molecule has 106 valence electrons. The van der Waals surface area contributed by atoms with Crippen LogP contribution in [0.15, 0.2) is 30.5 Å². The van der Waals surface area contributed by atoms with Gasteiger partial charge in [-0.05, 0) is 24.6 Å². The lowest BCUT2D eigenvalue weighted by molar-refractivity contribution is 0.102. The highest BCUT2D eigenvalue weighted by molar-refractivity contribution is 6.06. The summed E-state index contributed by atoms with van der Waals surface area (Å²) in [6, 6.07) is 7.45. The second-order valence-corrected chi connectivity index (χ2v) is 4.38. The Balaban J connectivity index is 2.14. The summed E-state index contributed by atoms with van der Waals surface area (Å²) in [6.45, 7) is 3.10. The molecule has 0 radical (unpaired) electrons. The maximum Gasteiger partial charge on any atom is 0.278 e. The van der Waals surface area contributed by atoms with Crippen molar-refractivity contribution in [2.75, 3.05) is 18.2 Å². The number of carbonyl (C=O) groups is 1. The van der Waals surface area contributed by atoms with Crippen molar-refractivity contribution < 1.29 is 9.53 Å². The number of benzene rings is 1. The SMILES string of the molecule is CCn1cc(N)c(C(=O)Nc2cccc(COC)c2)n1. The van der Waals surface area contributed by atoms with Crippen LogP contribution in [0.25, 0.3) is 0 Å². The van der Waals surface area contributed by atoms with Crippen molar-refractivity contribution >= 4 is 17.3 Å². The van der Waals surface area contributed by atoms with Gasteiger partial charge in [0.15, 0.2) is 5.69 Å². The first-order chi connectivity index (χ1) is 9.63. The summed E-state index contributed by atoms with van der Waals surface area (Å²) in [5.41, 5.74) is 8.07. The van der Waals surface area contributed by atoms with Crippen LogP contribution in [0.4, 0.5) is 11.4 Å². The van der Waals surface area contributed by atoms with Gasteiger partial charge >= 0.3 is 0 Å². The number of ether oxygens (including phenoxy) is 1. The molecule has 3 N–H and O–H groups in total. The zero-order chi connectivity index (χ0) is 14.5. The molecule has 2 aromatic rings. The standard InChI is InChI=1S/C14H18N4O2/c1-3-18-8-12(15)13(17-18)14(19)16-11-6-4-5-10(7-11)9-20-2/h4-8H,3,9,15H2,1-2H3,(H,16,19). The minimum atomic E-state index is -0.315. The minimum absolute atomic E-state index is 0.240. The maximum absolute atomic E-state index is 12.1. The Morgan fingerprint density at radius 3 is 2.95 bits per heavy atom. The molecule has 0 saturated heterocycles. The maximum atomic E-state index is 12.1. The fraction of sp³-hybridized carbons (Fsp3) is 0.286. The van der Waals surface area contributed by atoms with Gasteiger partial charge < -0.3 is 15.8 Å². The van der Waals surface area contributed by atoms with E-state index in [0.717, 1.165) is 5.56 Å². The molecule has 0 aliphatic carbocycles. The molecule has 1 aromatic carbocycles. The highest BCUT2D eigenvalue weighted by Crippen LogP contribution is 2.15. The van der Waals surface area contributed by atoms with Crippen molar-refractivity contribution in [1.82, 2.24) is 9.78 Å². The zero-order valence-electron chi connectivity index (χ0n) is 11.6. The molecule has 20 heavy (non-hydrogen) atoms. The number of nitrogen functional groups attached to an aromatic ring is 1. The van der Waals surface area contributed by atoms with Gasteiger partial charge in [0, 0.05) is 25.5 Å². The van der Waals surface area contributed by atoms with Crippen molar-refractivity contribution in [1.29, 1.82) is 0 Å². The highest BCUT2D eigenvalue weighted by atomic mass is 16.5. The van der Waals surface area contributed by atoms with Gasteiger partial charge in [0.2, 0.25) is 0 Å². The van der Waals surface area contributed by atoms with E-state index in [1.54, 1.807) is 18.0 Å². The Morgan fingerprint density at radius 1 is 1.50 bits per heavy atom. The van der Waals surface area contributed by atoms with Crippen molar-refractivity contribution in [3.63, 3.8) is 0 Å². The van der Waals surface area contributed by atoms with Crippen molar-refractivity contribution in [3.8, 4) is 0 Å². The number of nitrogens with one attached hydrogen (secondary N) is 1. The average molecular weight is 274 g/mol. The minimum Gasteiger partial charge on any atom is -0.396 e. The molecular formula is C14H18N4O2. The molecule has 6 heteroatoms. The molecule has 1 aromatic heterocycles. The van der Waals surface area contributed by atoms with E-state index >= 15 is 0 Å². The summed E-state index contributed by atoms with van der Waals surface area (Å²) in [5, 5.41) is 6.92. The van der Waals surface area contributed by atoms with E-state index in [1.165, 1.54) is 0 Å². The van der Waals surface area contributed by atoms with Gasteiger partial charge in [-0.3, -0.25) is 9.48 Å². The molecular weight excluding hydrogens is 256 g/mol. The Hall–Kier alpha value is -2.34. The predicted molar refractivity (Wildman–Crippen MR) is 77.4 cm³/mol. The second-order valence-electron chi connectivity index (χ2n) is 4.38. The summed E-state index contributed by atoms with van der Waals surface area (Å²) in [6.07, 6.45) is 1.65. The van der Waals surface area contributed by atoms with Gasteiger partial charge in [0.25, 0.3) is 5.91 Å². The Kier molecular flexibility index (Phi) is 4.37. The number of hydrogen-bond acceptors (Lipinski definition) is 4. The molecule has 0 fully saturated rings. The normalized spacial score (nSPS) is 10.5. The van der Waals surface area contributed by atoms with Crippen LogP contribution in [0.1, 0.15) is 23.0 Å². The summed E-state index contributed by atoms with van der Waals surface area (Å²) in [4.78, 5) is 12.1. The summed E-state index contributed by atoms with van der Waals surface area (Å²) in [7, 11) is 1.63. The van der Waals surface area contributed by atoms with Crippen molar-refractivity contribution in [2.24, 2.45) is 0 Å². The Morgan fingerprint density at radius 2 is 2.30 bits per heavy atom. The van der Waals surface area contributed by atoms with Crippen LogP contribution in [-0.4, -0.2) is 22.8 Å². The Labute approximate surface area is 117 Å². The molecule has 1 heterocycles. The third-order valence-electron chi connectivity index (χ3n) is 2.82. The highest BCUT2D eigenvalue weighted by Gasteiger charge is 2.14. The molecule has 0 atom stereocenters. The first-order valence-electron chi connectivity index (χ1n) is 6.36. The van der Waals surface area contributed by atoms with Gasteiger partial charge in [0.05, 0.1) is 12.3 Å². The smallest absolute Gasteiger partial charge is 0.278 e. The third-order valence-corrected chi connectivity index (χ3v) is 2.82. The second kappa shape index (κ2) is 6.21. The zero-order valence-corrected chi connectivity index (χ0v) is 11.6. The number of nitrogens with two attached hydrogens (primary N) is 1. The lowest BCUT2D eigenvalue weighted by Crippen LogP contribution is -2.15. The number of rotatable bonds is 5. The number of anilines is 2. The molecule has 0 spiro atoms. The van der Waals surface area contributed by atoms with Crippen LogP contribution >= 0.6 is 0 Å². The summed E-state index contributed by atoms with van der Waals surface area (Å²) in [5.74, 6) is -0.315. The van der Waals surface area contributed by atoms with Gasteiger partial charge in [0.1, 0.15) is 0 Å². The van der Waals surface area contributed by atoms with Crippen molar-refractivity contribution in [2.45, 2.75) is 20.1 Å². The van der Waals surface area contributed by atoms with Gasteiger partial charge in [-0.15, -0.1) is 0 Å². The molecule has 1 amide bonds. The number of hydrogen-bond donors (Lipinski definition) is 2. The summed E-state index contributed by atoms with van der Waals surface area (Å²) >= 11 is 0. The molecule has 0 bridgehead atoms. The number of nitrogens with zero attached hydrogens (tertiary/aromatic N) is 2. The number of aryl methyl sites for hydroxylation is 1. The fourth-order valence-corrected chi connectivity index (χ4v) is 1.87. The van der Waals surface area contributed by atoms with Crippen LogP contribution in [0, 0.1) is 0 Å². The predicted octanol–water partition coefficient (Wildman–Crippen LogP) is 1.88. The van der Waals surface area contributed by atoms with E-state index in [9.17, 15) is 4.79 Å². The topological polar surface area (TPSA) is 82.2 Å². The van der Waals surface area contributed by atoms with Gasteiger partial charge in [-0.25, -0.2) is 0 Å². The molecule has 0 aliphatic heterocycles. The molecule has 6 nitrogen and oxygen atoms in total. The van der Waals surface area contributed by atoms with E-state index in [-0.39, 0.29) is 11.6 Å². The third kappa shape index (κ3) is 3.16. The first kappa shape index (κ1) is 14.1. The largest absolute Gasteiger partial charge is 0.396 e. The van der Waals surface area contributed by atoms with Gasteiger partial charge in [-0.2, -0.15) is 5.10 Å². The number of amides is 1. The molecule has 0 aliphatic rings. The van der Waals surface area contributed by atoms with E-state index in [1.807, 2.05) is 31.2 Å². The number of carbonyl (C=O) groups excluding carboxylic acids is 1. The first-order valence-corrected chi connectivity index (χ1v) is 6.36. The van der Waals surface area contributed by atoms with E-state index in [0.29, 0.717) is 24.5 Å². The number of aromatic nitrogens is 2. The van der Waals surface area contributed by atoms with E-state index in [4.69, 9.17) is 10.5 Å². The van der Waals surface area contributed by atoms with Crippen molar-refractivity contribution in [3.05, 3.63) is 41.7 Å². The quantitative estimate of drug-likeness (QED) is 0.872. The average Bonchev–Trinajstić information content (AvgIpc) is 2.81. The van der Waals surface area contributed by atoms with Crippen LogP contribution < -0.4 is 11.1 Å². The van der Waals surface area contributed by atoms with Crippen LogP contribution in [0.3, 0.4) is 0 Å². The van der Waals surface area contributed by atoms with E-state index < -0.39 is 0 Å². The molecule has 2 rings (SSSR count). The van der Waals surface area contributed by atoms with E-state index in [2.05, 4.69) is 10.4 Å². The lowest BCUT2D eigenvalue weighted by Gasteiger charge is -2.06. The number of methoxy groups -OCH3 is 1. The van der Waals surface area contributed by atoms with Gasteiger partial charge in [-0.1, -0.05) is 12.1 Å². The Bertz CT molecular complexity index is 607.